The molecule has 0 spiro atoms. The van der Waals surface area contributed by atoms with Crippen LogP contribution in [0.5, 0.6) is 0 Å². The van der Waals surface area contributed by atoms with E-state index >= 15 is 0 Å². The maximum Gasteiger partial charge on any atom is 0.223 e. The number of hydrogen-bond acceptors (Lipinski definition) is 2. The summed E-state index contributed by atoms with van der Waals surface area (Å²) >= 11 is 0. The molecule has 0 bridgehead atoms. The standard InChI is InChI=1S/C15H22N2O.ClH/c1-12-6-4-5-11-17(12)15(18)10-9-13-7-2-3-8-14(13)16;/h2-3,7-8,12H,4-6,9-11,16H2,1H3;1H. The van der Waals surface area contributed by atoms with Crippen molar-refractivity contribution >= 4 is 24.0 Å². The minimum atomic E-state index is 0. The van der Waals surface area contributed by atoms with Crippen LogP contribution < -0.4 is 5.73 Å². The van der Waals surface area contributed by atoms with Crippen molar-refractivity contribution in [2.75, 3.05) is 12.3 Å². The molecule has 1 atom stereocenters. The number of para-hydroxylation sites is 1. The summed E-state index contributed by atoms with van der Waals surface area (Å²) in [5.74, 6) is 0.269. The predicted octanol–water partition coefficient (Wildman–Crippen LogP) is 3.02. The van der Waals surface area contributed by atoms with Gasteiger partial charge in [-0.05, 0) is 44.2 Å². The Labute approximate surface area is 121 Å². The average Bonchev–Trinajstić information content (AvgIpc) is 2.38. The summed E-state index contributed by atoms with van der Waals surface area (Å²) in [5, 5.41) is 0. The molecule has 3 nitrogen and oxygen atoms in total. The Morgan fingerprint density at radius 2 is 2.11 bits per heavy atom. The monoisotopic (exact) mass is 282 g/mol. The highest BCUT2D eigenvalue weighted by molar-refractivity contribution is 5.85. The molecule has 19 heavy (non-hydrogen) atoms. The fourth-order valence-electron chi connectivity index (χ4n) is 2.62. The van der Waals surface area contributed by atoms with E-state index < -0.39 is 0 Å². The minimum Gasteiger partial charge on any atom is -0.399 e. The second-order valence-corrected chi connectivity index (χ2v) is 5.13. The maximum absolute atomic E-state index is 12.2. The number of nitrogens with zero attached hydrogens (tertiary/aromatic N) is 1. The lowest BCUT2D eigenvalue weighted by Crippen LogP contribution is -2.42. The van der Waals surface area contributed by atoms with E-state index in [1.807, 2.05) is 29.2 Å². The number of nitrogens with two attached hydrogens (primary N) is 1. The van der Waals surface area contributed by atoms with E-state index in [4.69, 9.17) is 5.73 Å². The van der Waals surface area contributed by atoms with Gasteiger partial charge >= 0.3 is 0 Å². The number of likely N-dealkylation sites (tertiary alicyclic amines) is 1. The largest absolute Gasteiger partial charge is 0.399 e. The highest BCUT2D eigenvalue weighted by Gasteiger charge is 2.22. The molecule has 0 aliphatic carbocycles. The van der Waals surface area contributed by atoms with Gasteiger partial charge in [-0.3, -0.25) is 4.79 Å². The molecule has 2 N–H and O–H groups in total. The van der Waals surface area contributed by atoms with Gasteiger partial charge in [-0.2, -0.15) is 0 Å². The molecule has 0 saturated carbocycles. The van der Waals surface area contributed by atoms with Gasteiger partial charge in [-0.15, -0.1) is 12.4 Å². The van der Waals surface area contributed by atoms with Gasteiger partial charge in [-0.25, -0.2) is 0 Å². The molecule has 1 fully saturated rings. The van der Waals surface area contributed by atoms with Gasteiger partial charge in [0.2, 0.25) is 5.91 Å². The van der Waals surface area contributed by atoms with Gasteiger partial charge in [0, 0.05) is 24.7 Å². The quantitative estimate of drug-likeness (QED) is 0.866. The van der Waals surface area contributed by atoms with Crippen LogP contribution in [0.3, 0.4) is 0 Å². The van der Waals surface area contributed by atoms with E-state index in [2.05, 4.69) is 6.92 Å². The number of anilines is 1. The lowest BCUT2D eigenvalue weighted by atomic mass is 10.0. The predicted molar refractivity (Wildman–Crippen MR) is 81.4 cm³/mol. The molecule has 1 unspecified atom stereocenters. The molecular formula is C15H23ClN2O. The van der Waals surface area contributed by atoms with Crippen molar-refractivity contribution in [3.05, 3.63) is 29.8 Å². The molecule has 0 radical (unpaired) electrons. The van der Waals surface area contributed by atoms with Gasteiger partial charge in [0.05, 0.1) is 0 Å². The first-order valence-corrected chi connectivity index (χ1v) is 6.81. The van der Waals surface area contributed by atoms with Gasteiger partial charge in [0.25, 0.3) is 0 Å². The van der Waals surface area contributed by atoms with Crippen LogP contribution in [0.4, 0.5) is 5.69 Å². The fourth-order valence-corrected chi connectivity index (χ4v) is 2.62. The highest BCUT2D eigenvalue weighted by Crippen LogP contribution is 2.19. The highest BCUT2D eigenvalue weighted by atomic mass is 35.5. The molecule has 1 aromatic rings. The van der Waals surface area contributed by atoms with Crippen molar-refractivity contribution in [3.8, 4) is 0 Å². The number of aryl methyl sites for hydroxylation is 1. The lowest BCUT2D eigenvalue weighted by Gasteiger charge is -2.33. The molecule has 2 rings (SSSR count). The minimum absolute atomic E-state index is 0. The van der Waals surface area contributed by atoms with Crippen LogP contribution in [0, 0.1) is 0 Å². The zero-order chi connectivity index (χ0) is 13.0. The lowest BCUT2D eigenvalue weighted by molar-refractivity contribution is -0.134. The van der Waals surface area contributed by atoms with E-state index in [0.29, 0.717) is 12.5 Å². The van der Waals surface area contributed by atoms with Crippen LogP contribution in [-0.2, 0) is 11.2 Å². The third kappa shape index (κ3) is 4.13. The van der Waals surface area contributed by atoms with Crippen molar-refractivity contribution in [3.63, 3.8) is 0 Å². The number of rotatable bonds is 3. The normalized spacial score (nSPS) is 18.8. The van der Waals surface area contributed by atoms with Gasteiger partial charge in [0.15, 0.2) is 0 Å². The molecule has 1 amide bonds. The van der Waals surface area contributed by atoms with Crippen molar-refractivity contribution in [2.45, 2.75) is 45.1 Å². The number of benzene rings is 1. The SMILES string of the molecule is CC1CCCCN1C(=O)CCc1ccccc1N.Cl. The maximum atomic E-state index is 12.2. The first-order chi connectivity index (χ1) is 8.68. The van der Waals surface area contributed by atoms with Crippen LogP contribution in [0.1, 0.15) is 38.2 Å². The molecule has 1 heterocycles. The summed E-state index contributed by atoms with van der Waals surface area (Å²) in [4.78, 5) is 14.2. The zero-order valence-corrected chi connectivity index (χ0v) is 12.3. The van der Waals surface area contributed by atoms with Crippen LogP contribution in [0.25, 0.3) is 0 Å². The number of piperidine rings is 1. The summed E-state index contributed by atoms with van der Waals surface area (Å²) < 4.78 is 0. The van der Waals surface area contributed by atoms with E-state index in [-0.39, 0.29) is 18.3 Å². The number of amides is 1. The number of halogens is 1. The third-order valence-electron chi connectivity index (χ3n) is 3.79. The van der Waals surface area contributed by atoms with E-state index in [1.165, 1.54) is 6.42 Å². The van der Waals surface area contributed by atoms with Crippen LogP contribution in [0.15, 0.2) is 24.3 Å². The Morgan fingerprint density at radius 1 is 1.37 bits per heavy atom. The molecule has 4 heteroatoms. The summed E-state index contributed by atoms with van der Waals surface area (Å²) in [5.41, 5.74) is 7.76. The third-order valence-corrected chi connectivity index (χ3v) is 3.79. The van der Waals surface area contributed by atoms with Gasteiger partial charge in [-0.1, -0.05) is 18.2 Å². The fraction of sp³-hybridized carbons (Fsp3) is 0.533. The second-order valence-electron chi connectivity index (χ2n) is 5.13. The van der Waals surface area contributed by atoms with E-state index in [9.17, 15) is 4.79 Å². The smallest absolute Gasteiger partial charge is 0.223 e. The molecule has 106 valence electrons. The van der Waals surface area contributed by atoms with E-state index in [0.717, 1.165) is 37.1 Å². The van der Waals surface area contributed by atoms with Gasteiger partial charge < -0.3 is 10.6 Å². The van der Waals surface area contributed by atoms with Crippen LogP contribution >= 0.6 is 12.4 Å². The van der Waals surface area contributed by atoms with E-state index in [1.54, 1.807) is 0 Å². The number of carbonyl (C=O) groups is 1. The zero-order valence-electron chi connectivity index (χ0n) is 11.5. The topological polar surface area (TPSA) is 46.3 Å². The van der Waals surface area contributed by atoms with Crippen molar-refractivity contribution in [1.29, 1.82) is 0 Å². The van der Waals surface area contributed by atoms with Crippen molar-refractivity contribution in [1.82, 2.24) is 4.90 Å². The second kappa shape index (κ2) is 7.39. The molecule has 1 saturated heterocycles. The first-order valence-electron chi connectivity index (χ1n) is 6.81. The number of hydrogen-bond donors (Lipinski definition) is 1. The molecule has 1 aliphatic rings. The Morgan fingerprint density at radius 3 is 2.79 bits per heavy atom. The summed E-state index contributed by atoms with van der Waals surface area (Å²) in [6.45, 7) is 3.07. The Hall–Kier alpha value is -1.22. The summed E-state index contributed by atoms with van der Waals surface area (Å²) in [6, 6.07) is 8.19. The van der Waals surface area contributed by atoms with Crippen LogP contribution in [0.2, 0.25) is 0 Å². The molecular weight excluding hydrogens is 260 g/mol. The molecule has 1 aromatic carbocycles. The average molecular weight is 283 g/mol. The molecule has 1 aliphatic heterocycles. The number of nitrogen functional groups attached to an aromatic ring is 1. The summed E-state index contributed by atoms with van der Waals surface area (Å²) in [6.07, 6.45) is 4.84. The van der Waals surface area contributed by atoms with Crippen molar-refractivity contribution in [2.24, 2.45) is 0 Å². The Kier molecular flexibility index (Phi) is 6.16. The summed E-state index contributed by atoms with van der Waals surface area (Å²) in [7, 11) is 0. The van der Waals surface area contributed by atoms with Gasteiger partial charge in [0.1, 0.15) is 0 Å². The molecule has 0 aromatic heterocycles. The Balaban J connectivity index is 0.00000180. The Bertz CT molecular complexity index is 422. The first kappa shape index (κ1) is 15.8. The van der Waals surface area contributed by atoms with Crippen LogP contribution in [-0.4, -0.2) is 23.4 Å². The number of carbonyl (C=O) groups excluding carboxylic acids is 1. The van der Waals surface area contributed by atoms with Crippen molar-refractivity contribution < 1.29 is 4.79 Å².